The molecule has 0 aromatic heterocycles. The number of sulfonamides is 1. The zero-order valence-corrected chi connectivity index (χ0v) is 17.4. The largest absolute Gasteiger partial charge is 0.352 e. The van der Waals surface area contributed by atoms with Crippen molar-refractivity contribution in [3.8, 4) is 0 Å². The molecule has 6 nitrogen and oxygen atoms in total. The van der Waals surface area contributed by atoms with Crippen LogP contribution in [0.5, 0.6) is 0 Å². The molecule has 0 bridgehead atoms. The summed E-state index contributed by atoms with van der Waals surface area (Å²) in [7, 11) is -3.40. The molecule has 1 heterocycles. The molecule has 152 valence electrons. The van der Waals surface area contributed by atoms with Crippen molar-refractivity contribution >= 4 is 15.9 Å². The summed E-state index contributed by atoms with van der Waals surface area (Å²) in [6.07, 6.45) is 2.84. The van der Waals surface area contributed by atoms with E-state index in [1.54, 1.807) is 19.9 Å². The van der Waals surface area contributed by atoms with Gasteiger partial charge in [-0.15, -0.1) is 0 Å². The second kappa shape index (κ2) is 10.2. The summed E-state index contributed by atoms with van der Waals surface area (Å²) in [4.78, 5) is 12.3. The Kier molecular flexibility index (Phi) is 8.26. The van der Waals surface area contributed by atoms with Crippen molar-refractivity contribution in [2.75, 3.05) is 13.1 Å². The van der Waals surface area contributed by atoms with Crippen LogP contribution in [0.3, 0.4) is 0 Å². The van der Waals surface area contributed by atoms with Gasteiger partial charge in [-0.3, -0.25) is 4.79 Å². The Morgan fingerprint density at radius 3 is 2.56 bits per heavy atom. The minimum Gasteiger partial charge on any atom is -0.352 e. The van der Waals surface area contributed by atoms with Crippen LogP contribution in [0.15, 0.2) is 24.3 Å². The highest BCUT2D eigenvalue weighted by Gasteiger charge is 2.22. The molecule has 3 N–H and O–H groups in total. The molecule has 0 spiro atoms. The number of nitrogens with one attached hydrogen (secondary N) is 3. The number of carbonyl (C=O) groups is 1. The van der Waals surface area contributed by atoms with Crippen LogP contribution in [0.4, 0.5) is 0 Å². The molecule has 27 heavy (non-hydrogen) atoms. The average molecular weight is 396 g/mol. The Balaban J connectivity index is 1.90. The van der Waals surface area contributed by atoms with E-state index in [-0.39, 0.29) is 17.7 Å². The molecule has 2 atom stereocenters. The molecular weight excluding hydrogens is 362 g/mol. The maximum absolute atomic E-state index is 12.3. The molecule has 7 heteroatoms. The van der Waals surface area contributed by atoms with Crippen molar-refractivity contribution < 1.29 is 13.2 Å². The van der Waals surface area contributed by atoms with E-state index >= 15 is 0 Å². The van der Waals surface area contributed by atoms with E-state index in [0.717, 1.165) is 24.2 Å². The zero-order chi connectivity index (χ0) is 19.9. The monoisotopic (exact) mass is 395 g/mol. The Labute approximate surface area is 163 Å². The fourth-order valence-corrected chi connectivity index (χ4v) is 5.06. The Hall–Kier alpha value is -1.44. The van der Waals surface area contributed by atoms with Crippen molar-refractivity contribution in [3.05, 3.63) is 35.4 Å². The van der Waals surface area contributed by atoms with Crippen LogP contribution in [0, 0.1) is 11.8 Å². The molecule has 0 saturated carbocycles. The number of hydrogen-bond donors (Lipinski definition) is 3. The van der Waals surface area contributed by atoms with Crippen molar-refractivity contribution in [2.45, 2.75) is 58.4 Å². The first-order chi connectivity index (χ1) is 12.8. The molecule has 1 aromatic carbocycles. The first kappa shape index (κ1) is 21.9. The third-order valence-corrected chi connectivity index (χ3v) is 6.52. The lowest BCUT2D eigenvalue weighted by Gasteiger charge is -2.28. The average Bonchev–Trinajstić information content (AvgIpc) is 2.60. The maximum Gasteiger partial charge on any atom is 0.220 e. The minimum atomic E-state index is -3.40. The molecule has 1 amide bonds. The molecule has 1 aliphatic heterocycles. The van der Waals surface area contributed by atoms with Gasteiger partial charge in [-0.2, -0.15) is 0 Å². The van der Waals surface area contributed by atoms with E-state index in [2.05, 4.69) is 22.3 Å². The highest BCUT2D eigenvalue weighted by atomic mass is 32.2. The summed E-state index contributed by atoms with van der Waals surface area (Å²) in [5.74, 6) is 0.820. The van der Waals surface area contributed by atoms with Crippen LogP contribution < -0.4 is 15.4 Å². The van der Waals surface area contributed by atoms with E-state index < -0.39 is 10.0 Å². The molecule has 2 rings (SSSR count). The van der Waals surface area contributed by atoms with Gasteiger partial charge in [0.1, 0.15) is 0 Å². The fraction of sp³-hybridized carbons (Fsp3) is 0.650. The second-order valence-corrected chi connectivity index (χ2v) is 9.62. The molecule has 2 unspecified atom stereocenters. The lowest BCUT2D eigenvalue weighted by atomic mass is 9.85. The van der Waals surface area contributed by atoms with Gasteiger partial charge in [0.25, 0.3) is 0 Å². The van der Waals surface area contributed by atoms with Gasteiger partial charge in [0.2, 0.25) is 15.9 Å². The van der Waals surface area contributed by atoms with E-state index in [1.165, 1.54) is 12.8 Å². The number of carbonyl (C=O) groups excluding carboxylic acids is 1. The molecule has 0 aliphatic carbocycles. The number of rotatable bonds is 9. The normalized spacial score (nSPS) is 19.0. The molecular formula is C20H33N3O3S. The Morgan fingerprint density at radius 1 is 1.22 bits per heavy atom. The van der Waals surface area contributed by atoms with Crippen molar-refractivity contribution in [2.24, 2.45) is 11.8 Å². The van der Waals surface area contributed by atoms with Gasteiger partial charge in [0.15, 0.2) is 0 Å². The topological polar surface area (TPSA) is 87.3 Å². The zero-order valence-electron chi connectivity index (χ0n) is 16.6. The highest BCUT2D eigenvalue weighted by molar-refractivity contribution is 7.88. The lowest BCUT2D eigenvalue weighted by molar-refractivity contribution is -0.122. The van der Waals surface area contributed by atoms with Gasteiger partial charge < -0.3 is 10.6 Å². The Morgan fingerprint density at radius 2 is 1.93 bits per heavy atom. The molecule has 0 radical (unpaired) electrons. The molecule has 1 saturated heterocycles. The summed E-state index contributed by atoms with van der Waals surface area (Å²) in [6.45, 7) is 8.13. The first-order valence-electron chi connectivity index (χ1n) is 9.81. The minimum absolute atomic E-state index is 0.0195. The summed E-state index contributed by atoms with van der Waals surface area (Å²) >= 11 is 0. The lowest BCUT2D eigenvalue weighted by Crippen LogP contribution is -2.35. The van der Waals surface area contributed by atoms with Gasteiger partial charge in [0, 0.05) is 19.0 Å². The van der Waals surface area contributed by atoms with Crippen LogP contribution in [0.25, 0.3) is 0 Å². The van der Waals surface area contributed by atoms with E-state index in [0.29, 0.717) is 24.8 Å². The first-order valence-corrected chi connectivity index (χ1v) is 11.5. The predicted molar refractivity (Wildman–Crippen MR) is 109 cm³/mol. The Bertz CT molecular complexity index is 713. The van der Waals surface area contributed by atoms with Crippen molar-refractivity contribution in [3.63, 3.8) is 0 Å². The smallest absolute Gasteiger partial charge is 0.220 e. The third-order valence-electron chi connectivity index (χ3n) is 5.00. The van der Waals surface area contributed by atoms with Crippen LogP contribution >= 0.6 is 0 Å². The molecule has 1 aromatic rings. The third kappa shape index (κ3) is 7.60. The fourth-order valence-electron chi connectivity index (χ4n) is 3.57. The van der Waals surface area contributed by atoms with Crippen LogP contribution in [-0.4, -0.2) is 33.5 Å². The number of hydrogen-bond acceptors (Lipinski definition) is 4. The van der Waals surface area contributed by atoms with E-state index in [4.69, 9.17) is 0 Å². The summed E-state index contributed by atoms with van der Waals surface area (Å²) in [5.41, 5.74) is 1.56. The summed E-state index contributed by atoms with van der Waals surface area (Å²) in [5, 5.41) is 6.36. The number of benzene rings is 1. The van der Waals surface area contributed by atoms with Gasteiger partial charge in [0.05, 0.1) is 5.75 Å². The quantitative estimate of drug-likeness (QED) is 0.598. The van der Waals surface area contributed by atoms with Crippen LogP contribution in [-0.2, 0) is 27.1 Å². The van der Waals surface area contributed by atoms with Gasteiger partial charge in [-0.05, 0) is 62.7 Å². The van der Waals surface area contributed by atoms with E-state index in [1.807, 2.05) is 18.2 Å². The van der Waals surface area contributed by atoms with Crippen molar-refractivity contribution in [1.29, 1.82) is 0 Å². The number of piperidine rings is 1. The maximum atomic E-state index is 12.3. The highest BCUT2D eigenvalue weighted by Crippen LogP contribution is 2.22. The van der Waals surface area contributed by atoms with Crippen molar-refractivity contribution in [1.82, 2.24) is 15.4 Å². The van der Waals surface area contributed by atoms with Crippen LogP contribution in [0.1, 0.15) is 51.2 Å². The van der Waals surface area contributed by atoms with Crippen LogP contribution in [0.2, 0.25) is 0 Å². The number of amides is 1. The summed E-state index contributed by atoms with van der Waals surface area (Å²) in [6, 6.07) is 7.22. The summed E-state index contributed by atoms with van der Waals surface area (Å²) < 4.78 is 27.0. The van der Waals surface area contributed by atoms with Gasteiger partial charge in [-0.25, -0.2) is 13.1 Å². The van der Waals surface area contributed by atoms with Gasteiger partial charge >= 0.3 is 0 Å². The second-order valence-electron chi connectivity index (χ2n) is 7.86. The SMILES string of the molecule is CC(C)NS(=O)(=O)Cc1ccccc1CNC(=O)CC(C)C1CCCNC1. The molecule has 1 aliphatic rings. The standard InChI is InChI=1S/C20H33N3O3S/c1-15(2)23-27(25,26)14-19-8-5-4-7-18(19)13-22-20(24)11-16(3)17-9-6-10-21-12-17/h4-5,7-8,15-17,21,23H,6,9-14H2,1-3H3,(H,22,24). The molecule has 1 fully saturated rings. The predicted octanol–water partition coefficient (Wildman–Crippen LogP) is 2.16. The van der Waals surface area contributed by atoms with E-state index in [9.17, 15) is 13.2 Å². The van der Waals surface area contributed by atoms with Gasteiger partial charge in [-0.1, -0.05) is 31.2 Å².